The van der Waals surface area contributed by atoms with E-state index >= 15 is 0 Å². The van der Waals surface area contributed by atoms with Crippen molar-refractivity contribution in [3.05, 3.63) is 72.3 Å². The molecule has 0 radical (unpaired) electrons. The van der Waals surface area contributed by atoms with E-state index in [1.807, 2.05) is 30.3 Å². The van der Waals surface area contributed by atoms with Gasteiger partial charge >= 0.3 is 5.97 Å². The number of oxazole rings is 1. The molecular formula is C20H13NO4. The summed E-state index contributed by atoms with van der Waals surface area (Å²) in [6, 6.07) is 19.0. The summed E-state index contributed by atoms with van der Waals surface area (Å²) in [5.41, 5.74) is 4.01. The number of fused-ring (bicyclic) bond motifs is 1. The van der Waals surface area contributed by atoms with Crippen LogP contribution in [0.2, 0.25) is 0 Å². The van der Waals surface area contributed by atoms with Gasteiger partial charge in [0.1, 0.15) is 11.3 Å². The summed E-state index contributed by atoms with van der Waals surface area (Å²) in [5.74, 6) is -0.402. The zero-order valence-corrected chi connectivity index (χ0v) is 13.0. The number of aromatic hydroxyl groups is 1. The highest BCUT2D eigenvalue weighted by Crippen LogP contribution is 2.29. The lowest BCUT2D eigenvalue weighted by Gasteiger charge is -2.01. The summed E-state index contributed by atoms with van der Waals surface area (Å²) in [6.45, 7) is 0. The molecule has 0 bridgehead atoms. The van der Waals surface area contributed by atoms with Crippen molar-refractivity contribution >= 4 is 17.1 Å². The lowest BCUT2D eigenvalue weighted by molar-refractivity contribution is 0.0697. The molecule has 4 rings (SSSR count). The lowest BCUT2D eigenvalue weighted by Crippen LogP contribution is -1.95. The highest BCUT2D eigenvalue weighted by Gasteiger charge is 2.11. The number of hydrogen-bond donors (Lipinski definition) is 2. The third-order valence-electron chi connectivity index (χ3n) is 3.94. The van der Waals surface area contributed by atoms with E-state index < -0.39 is 5.97 Å². The van der Waals surface area contributed by atoms with Gasteiger partial charge in [0.25, 0.3) is 0 Å². The van der Waals surface area contributed by atoms with E-state index in [1.54, 1.807) is 24.3 Å². The van der Waals surface area contributed by atoms with Crippen LogP contribution in [0.1, 0.15) is 10.4 Å². The van der Waals surface area contributed by atoms with Crippen molar-refractivity contribution in [2.75, 3.05) is 0 Å². The number of hydrogen-bond acceptors (Lipinski definition) is 4. The monoisotopic (exact) mass is 331 g/mol. The first-order valence-corrected chi connectivity index (χ1v) is 7.64. The van der Waals surface area contributed by atoms with Crippen molar-refractivity contribution in [3.63, 3.8) is 0 Å². The van der Waals surface area contributed by atoms with Crippen LogP contribution in [0.4, 0.5) is 0 Å². The minimum absolute atomic E-state index is 0.185. The SMILES string of the molecule is O=C(O)c1cccc(-c2nc3cc(-c4ccc(O)cc4)ccc3o2)c1. The van der Waals surface area contributed by atoms with Crippen molar-refractivity contribution in [3.8, 4) is 28.3 Å². The standard InChI is InChI=1S/C20H13NO4/c22-16-7-4-12(5-8-16)13-6-9-18-17(11-13)21-19(25-18)14-2-1-3-15(10-14)20(23)24/h1-11,22H,(H,23,24). The zero-order chi connectivity index (χ0) is 17.4. The Morgan fingerprint density at radius 3 is 2.40 bits per heavy atom. The Morgan fingerprint density at radius 1 is 0.880 bits per heavy atom. The molecule has 0 aliphatic heterocycles. The highest BCUT2D eigenvalue weighted by molar-refractivity contribution is 5.89. The van der Waals surface area contributed by atoms with Crippen molar-refractivity contribution in [1.29, 1.82) is 0 Å². The summed E-state index contributed by atoms with van der Waals surface area (Å²) in [4.78, 5) is 15.6. The molecule has 5 heteroatoms. The van der Waals surface area contributed by atoms with Crippen molar-refractivity contribution < 1.29 is 19.4 Å². The molecule has 0 unspecified atom stereocenters. The molecule has 4 aromatic rings. The normalized spacial score (nSPS) is 10.9. The minimum atomic E-state index is -0.993. The summed E-state index contributed by atoms with van der Waals surface area (Å²) in [7, 11) is 0. The number of benzene rings is 3. The summed E-state index contributed by atoms with van der Waals surface area (Å²) < 4.78 is 5.75. The quantitative estimate of drug-likeness (QED) is 0.575. The Hall–Kier alpha value is -3.60. The Bertz CT molecular complexity index is 1080. The number of carboxylic acids is 1. The van der Waals surface area contributed by atoms with Gasteiger partial charge in [-0.2, -0.15) is 0 Å². The largest absolute Gasteiger partial charge is 0.508 e. The van der Waals surface area contributed by atoms with Gasteiger partial charge < -0.3 is 14.6 Å². The number of carboxylic acid groups (broad SMARTS) is 1. The molecule has 5 nitrogen and oxygen atoms in total. The predicted octanol–water partition coefficient (Wildman–Crippen LogP) is 4.57. The molecule has 0 atom stereocenters. The molecule has 122 valence electrons. The number of rotatable bonds is 3. The van der Waals surface area contributed by atoms with E-state index in [4.69, 9.17) is 9.52 Å². The minimum Gasteiger partial charge on any atom is -0.508 e. The number of phenols is 1. The second kappa shape index (κ2) is 5.79. The fourth-order valence-electron chi connectivity index (χ4n) is 2.67. The van der Waals surface area contributed by atoms with Gasteiger partial charge in [0, 0.05) is 5.56 Å². The number of aromatic carboxylic acids is 1. The molecule has 3 aromatic carbocycles. The zero-order valence-electron chi connectivity index (χ0n) is 13.0. The van der Waals surface area contributed by atoms with Crippen LogP contribution in [0.25, 0.3) is 33.7 Å². The second-order valence-electron chi connectivity index (χ2n) is 5.63. The van der Waals surface area contributed by atoms with Crippen LogP contribution in [0.3, 0.4) is 0 Å². The molecule has 0 saturated heterocycles. The van der Waals surface area contributed by atoms with Crippen molar-refractivity contribution in [2.24, 2.45) is 0 Å². The molecule has 1 aromatic heterocycles. The first kappa shape index (κ1) is 15.0. The summed E-state index contributed by atoms with van der Waals surface area (Å²) >= 11 is 0. The van der Waals surface area contributed by atoms with Gasteiger partial charge in [0.2, 0.25) is 5.89 Å². The molecule has 0 fully saturated rings. The molecular weight excluding hydrogens is 318 g/mol. The maximum absolute atomic E-state index is 11.1. The maximum Gasteiger partial charge on any atom is 0.335 e. The smallest absolute Gasteiger partial charge is 0.335 e. The highest BCUT2D eigenvalue weighted by atomic mass is 16.4. The third kappa shape index (κ3) is 2.83. The van der Waals surface area contributed by atoms with Crippen LogP contribution in [0.5, 0.6) is 5.75 Å². The molecule has 1 heterocycles. The third-order valence-corrected chi connectivity index (χ3v) is 3.94. The van der Waals surface area contributed by atoms with E-state index in [1.165, 1.54) is 12.1 Å². The second-order valence-corrected chi connectivity index (χ2v) is 5.63. The Morgan fingerprint density at radius 2 is 1.64 bits per heavy atom. The topological polar surface area (TPSA) is 83.6 Å². The number of phenolic OH excluding ortho intramolecular Hbond substituents is 1. The fraction of sp³-hybridized carbons (Fsp3) is 0. The van der Waals surface area contributed by atoms with Crippen LogP contribution in [-0.2, 0) is 0 Å². The number of nitrogens with zero attached hydrogens (tertiary/aromatic N) is 1. The van der Waals surface area contributed by atoms with Crippen LogP contribution in [0, 0.1) is 0 Å². The Labute approximate surface area is 142 Å². The van der Waals surface area contributed by atoms with E-state index in [9.17, 15) is 9.90 Å². The van der Waals surface area contributed by atoms with Crippen LogP contribution >= 0.6 is 0 Å². The van der Waals surface area contributed by atoms with Gasteiger partial charge in [-0.15, -0.1) is 0 Å². The molecule has 25 heavy (non-hydrogen) atoms. The van der Waals surface area contributed by atoms with Crippen LogP contribution in [-0.4, -0.2) is 21.2 Å². The average molecular weight is 331 g/mol. The maximum atomic E-state index is 11.1. The van der Waals surface area contributed by atoms with Crippen LogP contribution < -0.4 is 0 Å². The fourth-order valence-corrected chi connectivity index (χ4v) is 2.67. The summed E-state index contributed by atoms with van der Waals surface area (Å²) in [6.07, 6.45) is 0. The van der Waals surface area contributed by atoms with Crippen molar-refractivity contribution in [1.82, 2.24) is 4.98 Å². The van der Waals surface area contributed by atoms with Crippen molar-refractivity contribution in [2.45, 2.75) is 0 Å². The number of aromatic nitrogens is 1. The van der Waals surface area contributed by atoms with Gasteiger partial charge in [-0.3, -0.25) is 0 Å². The Balaban J connectivity index is 1.77. The van der Waals surface area contributed by atoms with E-state index in [-0.39, 0.29) is 11.3 Å². The first-order valence-electron chi connectivity index (χ1n) is 7.64. The molecule has 2 N–H and O–H groups in total. The van der Waals surface area contributed by atoms with Gasteiger partial charge in [-0.25, -0.2) is 9.78 Å². The van der Waals surface area contributed by atoms with Gasteiger partial charge in [-0.05, 0) is 53.6 Å². The van der Waals surface area contributed by atoms with E-state index in [0.717, 1.165) is 11.1 Å². The van der Waals surface area contributed by atoms with Gasteiger partial charge in [0.05, 0.1) is 5.56 Å². The molecule has 0 aliphatic rings. The lowest BCUT2D eigenvalue weighted by atomic mass is 10.1. The molecule has 0 saturated carbocycles. The van der Waals surface area contributed by atoms with Crippen LogP contribution in [0.15, 0.2) is 71.1 Å². The van der Waals surface area contributed by atoms with Gasteiger partial charge in [0.15, 0.2) is 5.58 Å². The predicted molar refractivity (Wildman–Crippen MR) is 93.5 cm³/mol. The first-order chi connectivity index (χ1) is 12.1. The van der Waals surface area contributed by atoms with Gasteiger partial charge in [-0.1, -0.05) is 24.3 Å². The Kier molecular flexibility index (Phi) is 3.47. The molecule has 0 aliphatic carbocycles. The van der Waals surface area contributed by atoms with E-state index in [0.29, 0.717) is 22.6 Å². The van der Waals surface area contributed by atoms with E-state index in [2.05, 4.69) is 4.98 Å². The summed E-state index contributed by atoms with van der Waals surface area (Å²) in [5, 5.41) is 18.5. The molecule has 0 spiro atoms. The average Bonchev–Trinajstić information content (AvgIpc) is 3.06. The number of carbonyl (C=O) groups is 1. The molecule has 0 amide bonds.